The Morgan fingerprint density at radius 3 is 2.29 bits per heavy atom. The van der Waals surface area contributed by atoms with Crippen LogP contribution in [0.3, 0.4) is 0 Å². The minimum absolute atomic E-state index is 0.00262. The van der Waals surface area contributed by atoms with Crippen LogP contribution in [-0.2, 0) is 19.2 Å². The van der Waals surface area contributed by atoms with E-state index >= 15 is 0 Å². The molecule has 0 radical (unpaired) electrons. The first-order chi connectivity index (χ1) is 16.8. The number of para-hydroxylation sites is 2. The van der Waals surface area contributed by atoms with Gasteiger partial charge in [0, 0.05) is 11.5 Å². The zero-order valence-corrected chi connectivity index (χ0v) is 19.0. The molecule has 2 aliphatic carbocycles. The molecular weight excluding hydrogens is 448 g/mol. The molecule has 0 aromatic heterocycles. The van der Waals surface area contributed by atoms with Gasteiger partial charge in [-0.2, -0.15) is 5.06 Å². The van der Waals surface area contributed by atoms with Gasteiger partial charge < -0.3 is 5.11 Å². The van der Waals surface area contributed by atoms with Crippen molar-refractivity contribution in [1.29, 1.82) is 0 Å². The van der Waals surface area contributed by atoms with Gasteiger partial charge in [-0.05, 0) is 43.9 Å². The molecule has 8 nitrogen and oxygen atoms in total. The summed E-state index contributed by atoms with van der Waals surface area (Å²) in [6, 6.07) is 15.5. The minimum atomic E-state index is -1.20. The molecule has 2 N–H and O–H groups in total. The number of hydrogen-bond donors (Lipinski definition) is 2. The lowest BCUT2D eigenvalue weighted by molar-refractivity contribution is -0.173. The zero-order valence-electron chi connectivity index (χ0n) is 19.0. The van der Waals surface area contributed by atoms with Gasteiger partial charge in [-0.15, -0.1) is 0 Å². The number of fused-ring (bicyclic) bond motifs is 4. The maximum atomic E-state index is 14.1. The van der Waals surface area contributed by atoms with Crippen molar-refractivity contribution in [3.8, 4) is 5.75 Å². The number of phenols is 1. The maximum Gasteiger partial charge on any atom is 0.257 e. The van der Waals surface area contributed by atoms with Crippen LogP contribution in [0.25, 0.3) is 0 Å². The zero-order chi connectivity index (χ0) is 24.6. The number of nitrogens with zero attached hydrogens (tertiary/aromatic N) is 2. The molecule has 178 valence electrons. The summed E-state index contributed by atoms with van der Waals surface area (Å²) in [5, 5.41) is 21.1. The van der Waals surface area contributed by atoms with E-state index in [4.69, 9.17) is 0 Å². The molecule has 2 aliphatic heterocycles. The first-order valence-corrected chi connectivity index (χ1v) is 11.7. The highest BCUT2D eigenvalue weighted by Crippen LogP contribution is 2.64. The van der Waals surface area contributed by atoms with Gasteiger partial charge in [0.15, 0.2) is 0 Å². The smallest absolute Gasteiger partial charge is 0.257 e. The van der Waals surface area contributed by atoms with Gasteiger partial charge in [-0.1, -0.05) is 48.0 Å². The van der Waals surface area contributed by atoms with E-state index in [2.05, 4.69) is 0 Å². The molecule has 8 heteroatoms. The molecule has 3 fully saturated rings. The van der Waals surface area contributed by atoms with Gasteiger partial charge in [-0.25, -0.2) is 4.90 Å². The van der Waals surface area contributed by atoms with Crippen molar-refractivity contribution in [2.75, 3.05) is 4.90 Å². The number of hydroxylamine groups is 2. The van der Waals surface area contributed by atoms with Crippen LogP contribution >= 0.6 is 0 Å². The van der Waals surface area contributed by atoms with Crippen LogP contribution in [0.1, 0.15) is 31.2 Å². The average molecular weight is 472 g/mol. The van der Waals surface area contributed by atoms with Crippen LogP contribution in [0.5, 0.6) is 5.75 Å². The monoisotopic (exact) mass is 472 g/mol. The topological polar surface area (TPSA) is 115 Å². The molecule has 2 aromatic rings. The lowest BCUT2D eigenvalue weighted by Gasteiger charge is -2.49. The van der Waals surface area contributed by atoms with Crippen molar-refractivity contribution in [3.63, 3.8) is 0 Å². The summed E-state index contributed by atoms with van der Waals surface area (Å²) in [7, 11) is 0. The summed E-state index contributed by atoms with van der Waals surface area (Å²) < 4.78 is 0. The lowest BCUT2D eigenvalue weighted by atomic mass is 9.51. The molecule has 2 saturated heterocycles. The van der Waals surface area contributed by atoms with E-state index in [1.807, 2.05) is 6.08 Å². The SMILES string of the molecule is CC12C(=O)N(c3ccccc3)C(=O)C1CC1C(=CCC3C(=O)N(O)C(=O)C31)C2c1ccccc1O. The molecule has 35 heavy (non-hydrogen) atoms. The molecule has 6 rings (SSSR count). The summed E-state index contributed by atoms with van der Waals surface area (Å²) in [6.45, 7) is 1.76. The molecular formula is C27H24N2O6. The third-order valence-electron chi connectivity index (χ3n) is 8.51. The molecule has 2 heterocycles. The van der Waals surface area contributed by atoms with Crippen LogP contribution in [0, 0.1) is 29.1 Å². The number of allylic oxidation sites excluding steroid dienone is 2. The first-order valence-electron chi connectivity index (χ1n) is 11.7. The lowest BCUT2D eigenvalue weighted by Crippen LogP contribution is -2.48. The third-order valence-corrected chi connectivity index (χ3v) is 8.51. The highest BCUT2D eigenvalue weighted by molar-refractivity contribution is 6.24. The minimum Gasteiger partial charge on any atom is -0.508 e. The number of benzene rings is 2. The fraction of sp³-hybridized carbons (Fsp3) is 0.333. The van der Waals surface area contributed by atoms with Crippen molar-refractivity contribution < 1.29 is 29.5 Å². The van der Waals surface area contributed by atoms with E-state index in [-0.39, 0.29) is 35.5 Å². The van der Waals surface area contributed by atoms with Crippen molar-refractivity contribution in [2.45, 2.75) is 25.7 Å². The number of carbonyl (C=O) groups excluding carboxylic acids is 4. The standard InChI is InChI=1S/C27H24N2O6/c1-27-19(24(32)28(26(27)34)14-7-3-2-4-8-14)13-18-15(22(27)16-9-5-6-10-20(16)30)11-12-17-21(18)25(33)29(35)23(17)31/h2-11,17-19,21-22,30,35H,12-13H2,1H3. The molecule has 6 atom stereocenters. The Morgan fingerprint density at radius 1 is 0.886 bits per heavy atom. The van der Waals surface area contributed by atoms with Gasteiger partial charge in [0.1, 0.15) is 5.75 Å². The summed E-state index contributed by atoms with van der Waals surface area (Å²) in [6.07, 6.45) is 2.32. The van der Waals surface area contributed by atoms with Crippen LogP contribution in [0.4, 0.5) is 5.69 Å². The molecule has 4 aliphatic rings. The molecule has 0 spiro atoms. The predicted octanol–water partition coefficient (Wildman–Crippen LogP) is 3.01. The van der Waals surface area contributed by atoms with E-state index in [0.29, 0.717) is 11.3 Å². The van der Waals surface area contributed by atoms with Gasteiger partial charge in [0.25, 0.3) is 11.8 Å². The predicted molar refractivity (Wildman–Crippen MR) is 123 cm³/mol. The Kier molecular flexibility index (Phi) is 4.57. The number of aromatic hydroxyl groups is 1. The van der Waals surface area contributed by atoms with E-state index < -0.39 is 46.8 Å². The summed E-state index contributed by atoms with van der Waals surface area (Å²) in [5.74, 6) is -5.49. The van der Waals surface area contributed by atoms with Crippen LogP contribution in [-0.4, -0.2) is 39.0 Å². The van der Waals surface area contributed by atoms with Gasteiger partial charge >= 0.3 is 0 Å². The van der Waals surface area contributed by atoms with Crippen molar-refractivity contribution in [1.82, 2.24) is 5.06 Å². The Hall–Kier alpha value is -3.78. The number of anilines is 1. The van der Waals surface area contributed by atoms with Crippen molar-refractivity contribution >= 4 is 29.3 Å². The van der Waals surface area contributed by atoms with Crippen molar-refractivity contribution in [2.24, 2.45) is 29.1 Å². The molecule has 4 amide bonds. The Balaban J connectivity index is 1.55. The van der Waals surface area contributed by atoms with Crippen LogP contribution < -0.4 is 4.90 Å². The second-order valence-corrected chi connectivity index (χ2v) is 10.0. The summed E-state index contributed by atoms with van der Waals surface area (Å²) >= 11 is 0. The Bertz CT molecular complexity index is 1320. The van der Waals surface area contributed by atoms with Gasteiger partial charge in [0.05, 0.1) is 28.9 Å². The van der Waals surface area contributed by atoms with Crippen LogP contribution in [0.15, 0.2) is 66.2 Å². The highest BCUT2D eigenvalue weighted by Gasteiger charge is 2.67. The first kappa shape index (κ1) is 21.7. The molecule has 0 bridgehead atoms. The average Bonchev–Trinajstić information content (AvgIpc) is 3.20. The molecule has 1 saturated carbocycles. The van der Waals surface area contributed by atoms with Gasteiger partial charge in [0.2, 0.25) is 11.8 Å². The van der Waals surface area contributed by atoms with E-state index in [1.165, 1.54) is 4.90 Å². The van der Waals surface area contributed by atoms with Crippen molar-refractivity contribution in [3.05, 3.63) is 71.8 Å². The van der Waals surface area contributed by atoms with E-state index in [0.717, 1.165) is 5.57 Å². The number of carbonyl (C=O) groups is 4. The number of amides is 4. The fourth-order valence-corrected chi connectivity index (χ4v) is 6.90. The second kappa shape index (κ2) is 7.36. The summed E-state index contributed by atoms with van der Waals surface area (Å²) in [5.41, 5.74) is 0.533. The maximum absolute atomic E-state index is 14.1. The number of hydrogen-bond acceptors (Lipinski definition) is 6. The normalized spacial score (nSPS) is 34.0. The number of phenolic OH excluding ortho intramolecular Hbond substituents is 1. The van der Waals surface area contributed by atoms with E-state index in [9.17, 15) is 29.5 Å². The molecule has 2 aromatic carbocycles. The van der Waals surface area contributed by atoms with Crippen LogP contribution in [0.2, 0.25) is 0 Å². The number of imide groups is 2. The molecule has 6 unspecified atom stereocenters. The second-order valence-electron chi connectivity index (χ2n) is 10.0. The Labute approximate surface area is 201 Å². The fourth-order valence-electron chi connectivity index (χ4n) is 6.90. The quantitative estimate of drug-likeness (QED) is 0.395. The Morgan fingerprint density at radius 2 is 1.57 bits per heavy atom. The summed E-state index contributed by atoms with van der Waals surface area (Å²) in [4.78, 5) is 54.6. The third kappa shape index (κ3) is 2.71. The number of rotatable bonds is 2. The van der Waals surface area contributed by atoms with E-state index in [1.54, 1.807) is 61.5 Å². The highest BCUT2D eigenvalue weighted by atomic mass is 16.5. The van der Waals surface area contributed by atoms with Gasteiger partial charge in [-0.3, -0.25) is 24.4 Å². The largest absolute Gasteiger partial charge is 0.508 e.